The normalized spacial score (nSPS) is 16.8. The summed E-state index contributed by atoms with van der Waals surface area (Å²) in [6.07, 6.45) is 3.58. The largest absolute Gasteiger partial charge is 0.328 e. The average Bonchev–Trinajstić information content (AvgIpc) is 2.84. The third-order valence-corrected chi connectivity index (χ3v) is 5.57. The number of thioether (sulfide) groups is 1. The van der Waals surface area contributed by atoms with Crippen LogP contribution in [-0.4, -0.2) is 28.4 Å². The summed E-state index contributed by atoms with van der Waals surface area (Å²) in [7, 11) is 0. The average molecular weight is 346 g/mol. The van der Waals surface area contributed by atoms with Crippen molar-refractivity contribution in [2.75, 3.05) is 18.8 Å². The van der Waals surface area contributed by atoms with Crippen LogP contribution in [0.15, 0.2) is 23.1 Å². The van der Waals surface area contributed by atoms with Gasteiger partial charge in [0.25, 0.3) is 0 Å². The molecule has 1 aromatic carbocycles. The van der Waals surface area contributed by atoms with E-state index in [2.05, 4.69) is 55.8 Å². The van der Waals surface area contributed by atoms with Gasteiger partial charge in [-0.3, -0.25) is 0 Å². The molecule has 0 spiro atoms. The van der Waals surface area contributed by atoms with Crippen molar-refractivity contribution in [1.82, 2.24) is 14.9 Å². The Hall–Kier alpha value is -1.00. The summed E-state index contributed by atoms with van der Waals surface area (Å²) in [4.78, 5) is 6.37. The Labute approximate surface area is 150 Å². The number of imidazole rings is 1. The highest BCUT2D eigenvalue weighted by Crippen LogP contribution is 2.29. The number of nitrogens with one attached hydrogen (secondary N) is 1. The molecule has 0 saturated carbocycles. The van der Waals surface area contributed by atoms with Gasteiger partial charge in [0.1, 0.15) is 5.82 Å². The van der Waals surface area contributed by atoms with Crippen LogP contribution in [0.2, 0.25) is 0 Å². The maximum Gasteiger partial charge on any atom is 0.110 e. The fraction of sp³-hybridized carbons (Fsp3) is 0.650. The van der Waals surface area contributed by atoms with E-state index < -0.39 is 0 Å². The van der Waals surface area contributed by atoms with Gasteiger partial charge in [-0.1, -0.05) is 27.7 Å². The van der Waals surface area contributed by atoms with Gasteiger partial charge < -0.3 is 9.88 Å². The quantitative estimate of drug-likeness (QED) is 0.794. The molecule has 2 heterocycles. The Morgan fingerprint density at radius 1 is 1.25 bits per heavy atom. The van der Waals surface area contributed by atoms with E-state index in [1.807, 2.05) is 11.8 Å². The van der Waals surface area contributed by atoms with E-state index in [-0.39, 0.29) is 5.41 Å². The predicted molar refractivity (Wildman–Crippen MR) is 105 cm³/mol. The number of hydrogen-bond acceptors (Lipinski definition) is 3. The molecule has 1 aromatic heterocycles. The van der Waals surface area contributed by atoms with Gasteiger partial charge in [0.15, 0.2) is 0 Å². The molecule has 1 saturated heterocycles. The summed E-state index contributed by atoms with van der Waals surface area (Å²) in [5.41, 5.74) is 2.74. The smallest absolute Gasteiger partial charge is 0.110 e. The topological polar surface area (TPSA) is 29.9 Å². The van der Waals surface area contributed by atoms with Crippen LogP contribution in [0, 0.1) is 11.3 Å². The Morgan fingerprint density at radius 2 is 2.00 bits per heavy atom. The zero-order valence-electron chi connectivity index (χ0n) is 15.6. The fourth-order valence-electron chi connectivity index (χ4n) is 3.55. The molecule has 3 rings (SSSR count). The van der Waals surface area contributed by atoms with Crippen molar-refractivity contribution in [3.8, 4) is 0 Å². The van der Waals surface area contributed by atoms with Gasteiger partial charge >= 0.3 is 0 Å². The monoisotopic (exact) mass is 345 g/mol. The number of aromatic nitrogens is 2. The first-order valence-electron chi connectivity index (χ1n) is 9.29. The summed E-state index contributed by atoms with van der Waals surface area (Å²) >= 11 is 1.90. The molecule has 0 amide bonds. The van der Waals surface area contributed by atoms with E-state index >= 15 is 0 Å². The number of benzene rings is 1. The molecule has 0 atom stereocenters. The lowest BCUT2D eigenvalue weighted by Crippen LogP contribution is -2.30. The van der Waals surface area contributed by atoms with Crippen LogP contribution in [0.1, 0.15) is 46.4 Å². The van der Waals surface area contributed by atoms with E-state index in [0.717, 1.165) is 37.7 Å². The maximum atomic E-state index is 5.04. The van der Waals surface area contributed by atoms with Crippen LogP contribution in [0.5, 0.6) is 0 Å². The van der Waals surface area contributed by atoms with Crippen molar-refractivity contribution >= 4 is 22.8 Å². The number of rotatable bonds is 5. The Bertz CT molecular complexity index is 678. The molecule has 24 heavy (non-hydrogen) atoms. The van der Waals surface area contributed by atoms with Gasteiger partial charge in [-0.25, -0.2) is 4.98 Å². The van der Waals surface area contributed by atoms with E-state index in [1.54, 1.807) is 0 Å². The van der Waals surface area contributed by atoms with Crippen LogP contribution in [0.3, 0.4) is 0 Å². The molecule has 1 aliphatic heterocycles. The van der Waals surface area contributed by atoms with Crippen molar-refractivity contribution in [2.45, 2.75) is 58.4 Å². The lowest BCUT2D eigenvalue weighted by Gasteiger charge is -2.25. The van der Waals surface area contributed by atoms with Crippen LogP contribution in [0.4, 0.5) is 0 Å². The molecule has 2 aromatic rings. The van der Waals surface area contributed by atoms with E-state index in [9.17, 15) is 0 Å². The van der Waals surface area contributed by atoms with Crippen molar-refractivity contribution < 1.29 is 0 Å². The minimum Gasteiger partial charge on any atom is -0.328 e. The minimum atomic E-state index is 0.258. The molecule has 0 unspecified atom stereocenters. The highest BCUT2D eigenvalue weighted by atomic mass is 32.2. The lowest BCUT2D eigenvalue weighted by atomic mass is 9.91. The van der Waals surface area contributed by atoms with E-state index in [0.29, 0.717) is 0 Å². The highest BCUT2D eigenvalue weighted by Gasteiger charge is 2.21. The first-order valence-corrected chi connectivity index (χ1v) is 10.3. The van der Waals surface area contributed by atoms with E-state index in [1.165, 1.54) is 34.6 Å². The number of piperidine rings is 1. The SMILES string of the molecule is CCSc1ccc2c(c1)nc(CC(C)(C)C)n2CC1CCNCC1. The molecule has 1 fully saturated rings. The van der Waals surface area contributed by atoms with Gasteiger partial charge in [-0.15, -0.1) is 11.8 Å². The van der Waals surface area contributed by atoms with Crippen molar-refractivity contribution in [1.29, 1.82) is 0 Å². The second-order valence-electron chi connectivity index (χ2n) is 8.15. The summed E-state index contributed by atoms with van der Waals surface area (Å²) in [5.74, 6) is 3.14. The number of hydrogen-bond donors (Lipinski definition) is 1. The van der Waals surface area contributed by atoms with Crippen LogP contribution in [-0.2, 0) is 13.0 Å². The second kappa shape index (κ2) is 7.49. The lowest BCUT2D eigenvalue weighted by molar-refractivity contribution is 0.324. The van der Waals surface area contributed by atoms with Crippen LogP contribution in [0.25, 0.3) is 11.0 Å². The Kier molecular flexibility index (Phi) is 5.56. The van der Waals surface area contributed by atoms with Crippen molar-refractivity contribution in [3.63, 3.8) is 0 Å². The molecular weight excluding hydrogens is 314 g/mol. The van der Waals surface area contributed by atoms with E-state index in [4.69, 9.17) is 4.98 Å². The van der Waals surface area contributed by atoms with Gasteiger partial charge in [-0.05, 0) is 61.2 Å². The highest BCUT2D eigenvalue weighted by molar-refractivity contribution is 7.99. The summed E-state index contributed by atoms with van der Waals surface area (Å²) in [6.45, 7) is 12.5. The molecule has 0 bridgehead atoms. The fourth-order valence-corrected chi connectivity index (χ4v) is 4.24. The molecular formula is C20H31N3S. The molecule has 1 N–H and O–H groups in total. The summed E-state index contributed by atoms with van der Waals surface area (Å²) < 4.78 is 2.51. The third-order valence-electron chi connectivity index (χ3n) is 4.70. The predicted octanol–water partition coefficient (Wildman–Crippen LogP) is 4.74. The molecule has 132 valence electrons. The summed E-state index contributed by atoms with van der Waals surface area (Å²) in [5, 5.41) is 3.48. The van der Waals surface area contributed by atoms with Gasteiger partial charge in [-0.2, -0.15) is 0 Å². The first kappa shape index (κ1) is 17.8. The van der Waals surface area contributed by atoms with Gasteiger partial charge in [0.05, 0.1) is 11.0 Å². The number of fused-ring (bicyclic) bond motifs is 1. The zero-order chi connectivity index (χ0) is 17.2. The van der Waals surface area contributed by atoms with Crippen LogP contribution < -0.4 is 5.32 Å². The second-order valence-corrected chi connectivity index (χ2v) is 9.49. The van der Waals surface area contributed by atoms with Crippen molar-refractivity contribution in [2.24, 2.45) is 11.3 Å². The molecule has 0 radical (unpaired) electrons. The maximum absolute atomic E-state index is 5.04. The van der Waals surface area contributed by atoms with Crippen molar-refractivity contribution in [3.05, 3.63) is 24.0 Å². The van der Waals surface area contributed by atoms with Crippen LogP contribution >= 0.6 is 11.8 Å². The summed E-state index contributed by atoms with van der Waals surface area (Å²) in [6, 6.07) is 6.82. The van der Waals surface area contributed by atoms with Gasteiger partial charge in [0, 0.05) is 17.9 Å². The Balaban J connectivity index is 1.96. The molecule has 1 aliphatic rings. The van der Waals surface area contributed by atoms with Gasteiger partial charge in [0.2, 0.25) is 0 Å². The molecule has 3 nitrogen and oxygen atoms in total. The zero-order valence-corrected chi connectivity index (χ0v) is 16.4. The number of nitrogens with zero attached hydrogens (tertiary/aromatic N) is 2. The first-order chi connectivity index (χ1) is 11.5. The minimum absolute atomic E-state index is 0.258. The standard InChI is InChI=1S/C20H31N3S/c1-5-24-16-6-7-18-17(12-16)22-19(13-20(2,3)4)23(18)14-15-8-10-21-11-9-15/h6-7,12,15,21H,5,8-11,13-14H2,1-4H3. The molecule has 4 heteroatoms. The third kappa shape index (κ3) is 4.34. The Morgan fingerprint density at radius 3 is 2.67 bits per heavy atom. The molecule has 0 aliphatic carbocycles.